The van der Waals surface area contributed by atoms with E-state index in [4.69, 9.17) is 4.74 Å². The smallest absolute Gasteiger partial charge is 0.140 e. The second kappa shape index (κ2) is 3.96. The monoisotopic (exact) mass is 192 g/mol. The van der Waals surface area contributed by atoms with Gasteiger partial charge in [-0.3, -0.25) is 9.88 Å². The average molecular weight is 192 g/mol. The molecule has 76 valence electrons. The predicted octanol–water partition coefficient (Wildman–Crippen LogP) is 1.47. The zero-order valence-electron chi connectivity index (χ0n) is 8.73. The minimum Gasteiger partial charge on any atom is -0.490 e. The highest BCUT2D eigenvalue weighted by Gasteiger charge is 2.24. The molecule has 0 aromatic carbocycles. The molecule has 0 radical (unpaired) electrons. The molecule has 1 aromatic heterocycles. The van der Waals surface area contributed by atoms with E-state index in [0.717, 1.165) is 18.1 Å². The third kappa shape index (κ3) is 1.87. The molecule has 1 unspecified atom stereocenters. The predicted molar refractivity (Wildman–Crippen MR) is 55.5 cm³/mol. The number of aryl methyl sites for hydroxylation is 1. The molecule has 1 aromatic rings. The molecule has 0 saturated carbocycles. The van der Waals surface area contributed by atoms with E-state index in [0.29, 0.717) is 6.04 Å². The summed E-state index contributed by atoms with van der Waals surface area (Å²) in [6, 6.07) is 4.47. The van der Waals surface area contributed by atoms with Crippen molar-refractivity contribution < 1.29 is 4.74 Å². The van der Waals surface area contributed by atoms with E-state index in [9.17, 15) is 0 Å². The van der Waals surface area contributed by atoms with Gasteiger partial charge in [-0.25, -0.2) is 0 Å². The topological polar surface area (TPSA) is 25.4 Å². The molecular formula is C11H16N2O. The molecule has 0 aliphatic carbocycles. The van der Waals surface area contributed by atoms with Gasteiger partial charge in [0, 0.05) is 12.2 Å². The van der Waals surface area contributed by atoms with Crippen LogP contribution in [0.15, 0.2) is 18.3 Å². The minimum atomic E-state index is 0.592. The highest BCUT2D eigenvalue weighted by atomic mass is 16.5. The molecule has 1 saturated heterocycles. The van der Waals surface area contributed by atoms with Gasteiger partial charge < -0.3 is 4.74 Å². The third-order valence-corrected chi connectivity index (χ3v) is 2.83. The Morgan fingerprint density at radius 1 is 1.64 bits per heavy atom. The fourth-order valence-electron chi connectivity index (χ4n) is 1.59. The van der Waals surface area contributed by atoms with Crippen LogP contribution < -0.4 is 4.74 Å². The molecule has 0 amide bonds. The highest BCUT2D eigenvalue weighted by molar-refractivity contribution is 5.25. The summed E-state index contributed by atoms with van der Waals surface area (Å²) < 4.78 is 5.71. The van der Waals surface area contributed by atoms with Crippen LogP contribution in [0.25, 0.3) is 0 Å². The Morgan fingerprint density at radius 2 is 2.50 bits per heavy atom. The Labute approximate surface area is 84.7 Å². The molecule has 2 rings (SSSR count). The van der Waals surface area contributed by atoms with Crippen LogP contribution in [0.2, 0.25) is 0 Å². The van der Waals surface area contributed by atoms with Crippen LogP contribution in [-0.2, 0) is 0 Å². The van der Waals surface area contributed by atoms with Gasteiger partial charge in [0.15, 0.2) is 0 Å². The molecule has 1 fully saturated rings. The lowest BCUT2D eigenvalue weighted by Gasteiger charge is -2.37. The maximum Gasteiger partial charge on any atom is 0.140 e. The van der Waals surface area contributed by atoms with Gasteiger partial charge in [0.1, 0.15) is 12.4 Å². The number of likely N-dealkylation sites (tertiary alicyclic amines) is 1. The van der Waals surface area contributed by atoms with Crippen molar-refractivity contribution >= 4 is 0 Å². The maximum atomic E-state index is 5.71. The van der Waals surface area contributed by atoms with Crippen molar-refractivity contribution in [3.05, 3.63) is 24.0 Å². The Morgan fingerprint density at radius 3 is 3.07 bits per heavy atom. The van der Waals surface area contributed by atoms with Crippen molar-refractivity contribution in [3.63, 3.8) is 0 Å². The molecule has 3 heteroatoms. The van der Waals surface area contributed by atoms with Crippen LogP contribution in [0.4, 0.5) is 0 Å². The molecule has 1 aliphatic rings. The molecule has 2 heterocycles. The molecule has 0 N–H and O–H groups in total. The number of ether oxygens (including phenoxy) is 1. The van der Waals surface area contributed by atoms with Gasteiger partial charge in [0.05, 0.1) is 5.69 Å². The fraction of sp³-hybridized carbons (Fsp3) is 0.545. The summed E-state index contributed by atoms with van der Waals surface area (Å²) >= 11 is 0. The van der Waals surface area contributed by atoms with E-state index in [2.05, 4.69) is 16.9 Å². The first-order valence-electron chi connectivity index (χ1n) is 5.02. The SMILES string of the molecule is Cc1ncccc1OCC1CCN1C. The summed E-state index contributed by atoms with van der Waals surface area (Å²) in [7, 11) is 2.13. The molecule has 3 nitrogen and oxygen atoms in total. The van der Waals surface area contributed by atoms with Gasteiger partial charge in [-0.05, 0) is 39.1 Å². The van der Waals surface area contributed by atoms with Gasteiger partial charge in [-0.1, -0.05) is 0 Å². The summed E-state index contributed by atoms with van der Waals surface area (Å²) in [6.07, 6.45) is 3.04. The van der Waals surface area contributed by atoms with E-state index in [1.165, 1.54) is 13.0 Å². The lowest BCUT2D eigenvalue weighted by molar-refractivity contribution is 0.0764. The van der Waals surface area contributed by atoms with Gasteiger partial charge >= 0.3 is 0 Å². The number of nitrogens with zero attached hydrogens (tertiary/aromatic N) is 2. The van der Waals surface area contributed by atoms with Crippen molar-refractivity contribution in [1.29, 1.82) is 0 Å². The number of pyridine rings is 1. The van der Waals surface area contributed by atoms with Gasteiger partial charge in [0.25, 0.3) is 0 Å². The van der Waals surface area contributed by atoms with E-state index < -0.39 is 0 Å². The zero-order chi connectivity index (χ0) is 9.97. The number of hydrogen-bond acceptors (Lipinski definition) is 3. The highest BCUT2D eigenvalue weighted by Crippen LogP contribution is 2.18. The Balaban J connectivity index is 1.88. The van der Waals surface area contributed by atoms with Crippen molar-refractivity contribution in [2.24, 2.45) is 0 Å². The van der Waals surface area contributed by atoms with Crippen LogP contribution in [-0.4, -0.2) is 36.1 Å². The molecule has 0 spiro atoms. The summed E-state index contributed by atoms with van der Waals surface area (Å²) in [4.78, 5) is 6.49. The van der Waals surface area contributed by atoms with Crippen molar-refractivity contribution in [2.75, 3.05) is 20.2 Å². The van der Waals surface area contributed by atoms with Gasteiger partial charge in [-0.2, -0.15) is 0 Å². The first kappa shape index (κ1) is 9.46. The van der Waals surface area contributed by atoms with Crippen LogP contribution >= 0.6 is 0 Å². The molecule has 1 aliphatic heterocycles. The van der Waals surface area contributed by atoms with Crippen LogP contribution in [0.5, 0.6) is 5.75 Å². The molecule has 0 bridgehead atoms. The summed E-state index contributed by atoms with van der Waals surface area (Å²) in [6.45, 7) is 3.95. The van der Waals surface area contributed by atoms with Gasteiger partial charge in [0.2, 0.25) is 0 Å². The lowest BCUT2D eigenvalue weighted by Crippen LogP contribution is -2.48. The van der Waals surface area contributed by atoms with E-state index in [1.807, 2.05) is 19.1 Å². The summed E-state index contributed by atoms with van der Waals surface area (Å²) in [5.74, 6) is 0.910. The maximum absolute atomic E-state index is 5.71. The zero-order valence-corrected chi connectivity index (χ0v) is 8.73. The minimum absolute atomic E-state index is 0.592. The van der Waals surface area contributed by atoms with E-state index >= 15 is 0 Å². The van der Waals surface area contributed by atoms with Crippen molar-refractivity contribution in [3.8, 4) is 5.75 Å². The Kier molecular flexibility index (Phi) is 2.68. The Bertz CT molecular complexity index is 314. The standard InChI is InChI=1S/C11H16N2O/c1-9-11(4-3-6-12-9)14-8-10-5-7-13(10)2/h3-4,6,10H,5,7-8H2,1-2H3. The van der Waals surface area contributed by atoms with Crippen LogP contribution in [0.1, 0.15) is 12.1 Å². The number of hydrogen-bond donors (Lipinski definition) is 0. The number of aromatic nitrogens is 1. The quantitative estimate of drug-likeness (QED) is 0.725. The molecule has 1 atom stereocenters. The van der Waals surface area contributed by atoms with Gasteiger partial charge in [-0.15, -0.1) is 0 Å². The number of likely N-dealkylation sites (N-methyl/N-ethyl adjacent to an activating group) is 1. The second-order valence-electron chi connectivity index (χ2n) is 3.82. The van der Waals surface area contributed by atoms with Crippen LogP contribution in [0, 0.1) is 6.92 Å². The largest absolute Gasteiger partial charge is 0.490 e. The van der Waals surface area contributed by atoms with E-state index in [1.54, 1.807) is 6.20 Å². The van der Waals surface area contributed by atoms with Crippen LogP contribution in [0.3, 0.4) is 0 Å². The van der Waals surface area contributed by atoms with Crippen molar-refractivity contribution in [1.82, 2.24) is 9.88 Å². The number of rotatable bonds is 3. The average Bonchev–Trinajstić information content (AvgIpc) is 2.19. The molecule has 14 heavy (non-hydrogen) atoms. The third-order valence-electron chi connectivity index (χ3n) is 2.83. The summed E-state index contributed by atoms with van der Waals surface area (Å²) in [5.41, 5.74) is 0.967. The van der Waals surface area contributed by atoms with Crippen molar-refractivity contribution in [2.45, 2.75) is 19.4 Å². The Hall–Kier alpha value is -1.09. The molecular weight excluding hydrogens is 176 g/mol. The van der Waals surface area contributed by atoms with E-state index in [-0.39, 0.29) is 0 Å². The second-order valence-corrected chi connectivity index (χ2v) is 3.82. The first-order valence-corrected chi connectivity index (χ1v) is 5.02. The lowest BCUT2D eigenvalue weighted by atomic mass is 10.1. The summed E-state index contributed by atoms with van der Waals surface area (Å²) in [5, 5.41) is 0. The normalized spacial score (nSPS) is 21.7. The fourth-order valence-corrected chi connectivity index (χ4v) is 1.59. The first-order chi connectivity index (χ1) is 6.77.